The molecule has 0 radical (unpaired) electrons. The molecule has 2 unspecified atom stereocenters. The first-order valence-electron chi connectivity index (χ1n) is 4.49. The Morgan fingerprint density at radius 1 is 1.73 bits per heavy atom. The van der Waals surface area contributed by atoms with E-state index in [-0.39, 0.29) is 12.6 Å². The van der Waals surface area contributed by atoms with Gasteiger partial charge >= 0.3 is 5.97 Å². The number of likely N-dealkylation sites (N-methyl/N-ethyl adjacent to an activating group) is 1. The molecule has 2 atom stereocenters. The zero-order valence-electron chi connectivity index (χ0n) is 8.16. The minimum Gasteiger partial charge on any atom is -0.481 e. The van der Waals surface area contributed by atoms with E-state index in [2.05, 4.69) is 10.2 Å². The first-order valence-corrected chi connectivity index (χ1v) is 5.37. The third-order valence-corrected chi connectivity index (χ3v) is 3.30. The Morgan fingerprint density at radius 3 is 3.13 bits per heavy atom. The molecule has 1 aliphatic rings. The third kappa shape index (κ3) is 1.93. The quantitative estimate of drug-likeness (QED) is 0.790. The van der Waals surface area contributed by atoms with Crippen molar-refractivity contribution < 1.29 is 14.6 Å². The molecule has 0 aliphatic carbocycles. The summed E-state index contributed by atoms with van der Waals surface area (Å²) in [6.07, 6.45) is 0. The molecule has 7 heteroatoms. The van der Waals surface area contributed by atoms with Crippen LogP contribution in [0.25, 0.3) is 0 Å². The van der Waals surface area contributed by atoms with E-state index in [1.165, 1.54) is 11.3 Å². The number of carbonyl (C=O) groups is 1. The molecule has 0 spiro atoms. The Bertz CT molecular complexity index is 343. The summed E-state index contributed by atoms with van der Waals surface area (Å²) in [6.45, 7) is 0.691. The summed E-state index contributed by atoms with van der Waals surface area (Å²) in [7, 11) is 1.82. The Balaban J connectivity index is 2.13. The smallest absolute Gasteiger partial charge is 0.311 e. The summed E-state index contributed by atoms with van der Waals surface area (Å²) < 4.78 is 5.18. The van der Waals surface area contributed by atoms with E-state index >= 15 is 0 Å². The van der Waals surface area contributed by atoms with Gasteiger partial charge in [-0.3, -0.25) is 4.79 Å². The van der Waals surface area contributed by atoms with Crippen LogP contribution in [0.2, 0.25) is 0 Å². The van der Waals surface area contributed by atoms with Crippen LogP contribution in [-0.4, -0.2) is 47.6 Å². The van der Waals surface area contributed by atoms with Crippen LogP contribution < -0.4 is 4.90 Å². The Morgan fingerprint density at radius 2 is 2.53 bits per heavy atom. The minimum atomic E-state index is -0.825. The molecule has 0 aromatic carbocycles. The van der Waals surface area contributed by atoms with Crippen molar-refractivity contribution in [1.29, 1.82) is 0 Å². The molecule has 0 saturated carbocycles. The number of nitrogens with zero attached hydrogens (tertiary/aromatic N) is 3. The highest BCUT2D eigenvalue weighted by molar-refractivity contribution is 7.13. The molecule has 1 aromatic heterocycles. The van der Waals surface area contributed by atoms with Gasteiger partial charge in [0.15, 0.2) is 0 Å². The lowest BCUT2D eigenvalue weighted by atomic mass is 10.0. The van der Waals surface area contributed by atoms with Gasteiger partial charge in [0.2, 0.25) is 5.13 Å². The van der Waals surface area contributed by atoms with E-state index in [4.69, 9.17) is 9.84 Å². The number of rotatable bonds is 3. The molecular weight excluding hydrogens is 218 g/mol. The van der Waals surface area contributed by atoms with Crippen molar-refractivity contribution in [3.05, 3.63) is 5.51 Å². The topological polar surface area (TPSA) is 75.5 Å². The molecule has 2 heterocycles. The van der Waals surface area contributed by atoms with Crippen molar-refractivity contribution in [2.45, 2.75) is 6.04 Å². The molecule has 0 amide bonds. The van der Waals surface area contributed by atoms with Crippen molar-refractivity contribution in [2.75, 3.05) is 25.2 Å². The standard InChI is InChI=1S/C8H11N3O3S/c1-11(8-10-9-4-15-8)6-3-14-2-5(6)7(12)13/h4-6H,2-3H2,1H3,(H,12,13). The highest BCUT2D eigenvalue weighted by Gasteiger charge is 2.37. The van der Waals surface area contributed by atoms with Crippen LogP contribution in [0.4, 0.5) is 5.13 Å². The largest absolute Gasteiger partial charge is 0.481 e. The Kier molecular flexibility index (Phi) is 2.83. The van der Waals surface area contributed by atoms with Crippen LogP contribution in [0, 0.1) is 5.92 Å². The second-order valence-electron chi connectivity index (χ2n) is 3.38. The average Bonchev–Trinajstić information content (AvgIpc) is 2.88. The zero-order valence-corrected chi connectivity index (χ0v) is 8.98. The summed E-state index contributed by atoms with van der Waals surface area (Å²) in [6, 6.07) is -0.157. The van der Waals surface area contributed by atoms with Crippen LogP contribution in [-0.2, 0) is 9.53 Å². The van der Waals surface area contributed by atoms with Crippen LogP contribution in [0.5, 0.6) is 0 Å². The second-order valence-corrected chi connectivity index (χ2v) is 4.19. The van der Waals surface area contributed by atoms with Gasteiger partial charge in [-0.2, -0.15) is 0 Å². The fraction of sp³-hybridized carbons (Fsp3) is 0.625. The predicted molar refractivity (Wildman–Crippen MR) is 54.0 cm³/mol. The van der Waals surface area contributed by atoms with Crippen LogP contribution in [0.15, 0.2) is 5.51 Å². The van der Waals surface area contributed by atoms with Gasteiger partial charge in [-0.25, -0.2) is 0 Å². The Hall–Kier alpha value is -1.21. The molecule has 1 saturated heterocycles. The lowest BCUT2D eigenvalue weighted by molar-refractivity contribution is -0.141. The third-order valence-electron chi connectivity index (χ3n) is 2.52. The molecule has 1 aliphatic heterocycles. The molecular formula is C8H11N3O3S. The summed E-state index contributed by atoms with van der Waals surface area (Å²) in [5.74, 6) is -1.31. The summed E-state index contributed by atoms with van der Waals surface area (Å²) in [5.41, 5.74) is 1.62. The van der Waals surface area contributed by atoms with E-state index in [0.29, 0.717) is 6.61 Å². The lowest BCUT2D eigenvalue weighted by Crippen LogP contribution is -2.40. The first-order chi connectivity index (χ1) is 7.20. The normalized spacial score (nSPS) is 25.4. The lowest BCUT2D eigenvalue weighted by Gasteiger charge is -2.24. The number of carboxylic acids is 1. The van der Waals surface area contributed by atoms with E-state index in [1.807, 2.05) is 11.9 Å². The van der Waals surface area contributed by atoms with Gasteiger partial charge in [0.25, 0.3) is 0 Å². The number of ether oxygens (including phenoxy) is 1. The maximum atomic E-state index is 10.9. The van der Waals surface area contributed by atoms with Gasteiger partial charge in [0.05, 0.1) is 19.3 Å². The van der Waals surface area contributed by atoms with Gasteiger partial charge in [-0.05, 0) is 0 Å². The molecule has 1 fully saturated rings. The molecule has 0 bridgehead atoms. The van der Waals surface area contributed by atoms with Crippen molar-refractivity contribution in [3.63, 3.8) is 0 Å². The number of aliphatic carboxylic acids is 1. The summed E-state index contributed by atoms with van der Waals surface area (Å²) >= 11 is 1.39. The highest BCUT2D eigenvalue weighted by atomic mass is 32.1. The highest BCUT2D eigenvalue weighted by Crippen LogP contribution is 2.24. The number of anilines is 1. The van der Waals surface area contributed by atoms with Gasteiger partial charge in [0.1, 0.15) is 11.4 Å². The SMILES string of the molecule is CN(c1nncs1)C1COCC1C(=O)O. The fourth-order valence-electron chi connectivity index (χ4n) is 1.62. The first kappa shape index (κ1) is 10.3. The van der Waals surface area contributed by atoms with Crippen molar-refractivity contribution in [1.82, 2.24) is 10.2 Å². The fourth-order valence-corrected chi connectivity index (χ4v) is 2.21. The van der Waals surface area contributed by atoms with Gasteiger partial charge < -0.3 is 14.7 Å². The Labute approximate surface area is 90.5 Å². The predicted octanol–water partition coefficient (Wildman–Crippen LogP) is 0.0739. The maximum absolute atomic E-state index is 10.9. The van der Waals surface area contributed by atoms with Crippen molar-refractivity contribution >= 4 is 22.4 Å². The average molecular weight is 229 g/mol. The minimum absolute atomic E-state index is 0.157. The monoisotopic (exact) mass is 229 g/mol. The molecule has 82 valence electrons. The zero-order chi connectivity index (χ0) is 10.8. The van der Waals surface area contributed by atoms with E-state index in [9.17, 15) is 4.79 Å². The maximum Gasteiger partial charge on any atom is 0.311 e. The summed E-state index contributed by atoms with van der Waals surface area (Å²) in [4.78, 5) is 12.8. The van der Waals surface area contributed by atoms with Crippen molar-refractivity contribution in [3.8, 4) is 0 Å². The van der Waals surface area contributed by atoms with E-state index < -0.39 is 11.9 Å². The second kappa shape index (κ2) is 4.11. The van der Waals surface area contributed by atoms with Gasteiger partial charge in [-0.1, -0.05) is 11.3 Å². The van der Waals surface area contributed by atoms with Crippen molar-refractivity contribution in [2.24, 2.45) is 5.92 Å². The van der Waals surface area contributed by atoms with E-state index in [1.54, 1.807) is 5.51 Å². The van der Waals surface area contributed by atoms with Gasteiger partial charge in [-0.15, -0.1) is 10.2 Å². The number of aromatic nitrogens is 2. The summed E-state index contributed by atoms with van der Waals surface area (Å²) in [5, 5.41) is 17.3. The number of hydrogen-bond donors (Lipinski definition) is 1. The number of hydrogen-bond acceptors (Lipinski definition) is 6. The van der Waals surface area contributed by atoms with Crippen LogP contribution >= 0.6 is 11.3 Å². The van der Waals surface area contributed by atoms with Gasteiger partial charge in [0, 0.05) is 7.05 Å². The van der Waals surface area contributed by atoms with Crippen LogP contribution in [0.3, 0.4) is 0 Å². The molecule has 15 heavy (non-hydrogen) atoms. The molecule has 1 aromatic rings. The van der Waals surface area contributed by atoms with E-state index in [0.717, 1.165) is 5.13 Å². The molecule has 1 N–H and O–H groups in total. The van der Waals surface area contributed by atoms with Crippen LogP contribution in [0.1, 0.15) is 0 Å². The molecule has 6 nitrogen and oxygen atoms in total. The molecule has 2 rings (SSSR count). The number of carboxylic acid groups (broad SMARTS) is 1.